The van der Waals surface area contributed by atoms with E-state index in [-0.39, 0.29) is 35.2 Å². The number of fused-ring (bicyclic) bond motifs is 1. The minimum absolute atomic E-state index is 0.0216. The highest BCUT2D eigenvalue weighted by molar-refractivity contribution is 8.00. The molecule has 0 saturated carbocycles. The van der Waals surface area contributed by atoms with Crippen LogP contribution in [0, 0.1) is 0 Å². The molecule has 0 aliphatic carbocycles. The maximum atomic E-state index is 12.5. The maximum Gasteiger partial charge on any atom is 0.446 e. The van der Waals surface area contributed by atoms with Crippen molar-refractivity contribution in [2.75, 3.05) is 29.9 Å². The number of alkyl halides is 3. The van der Waals surface area contributed by atoms with Crippen LogP contribution in [0.3, 0.4) is 0 Å². The summed E-state index contributed by atoms with van der Waals surface area (Å²) >= 11 is -0.182. The van der Waals surface area contributed by atoms with Gasteiger partial charge in [-0.15, -0.1) is 0 Å². The van der Waals surface area contributed by atoms with Crippen molar-refractivity contribution in [2.45, 2.75) is 29.3 Å². The molecule has 1 aliphatic heterocycles. The molecule has 1 saturated heterocycles. The van der Waals surface area contributed by atoms with Crippen molar-refractivity contribution >= 4 is 40.2 Å². The number of carbonyl (C=O) groups excluding carboxylic acids is 1. The van der Waals surface area contributed by atoms with Crippen LogP contribution in [0.2, 0.25) is 0 Å². The number of aromatic amines is 1. The van der Waals surface area contributed by atoms with Crippen LogP contribution in [0.4, 0.5) is 24.7 Å². The van der Waals surface area contributed by atoms with Gasteiger partial charge in [0, 0.05) is 35.9 Å². The van der Waals surface area contributed by atoms with Gasteiger partial charge in [-0.3, -0.25) is 4.79 Å². The van der Waals surface area contributed by atoms with Gasteiger partial charge in [0.25, 0.3) is 0 Å². The second-order valence-corrected chi connectivity index (χ2v) is 8.36. The summed E-state index contributed by atoms with van der Waals surface area (Å²) in [5.41, 5.74) is -3.12. The van der Waals surface area contributed by atoms with Gasteiger partial charge in [0.05, 0.1) is 11.9 Å². The Labute approximate surface area is 180 Å². The predicted molar refractivity (Wildman–Crippen MR) is 114 cm³/mol. The van der Waals surface area contributed by atoms with E-state index in [1.807, 2.05) is 12.3 Å². The zero-order valence-electron chi connectivity index (χ0n) is 16.4. The molecule has 164 valence electrons. The van der Waals surface area contributed by atoms with Crippen LogP contribution in [-0.4, -0.2) is 52.0 Å². The van der Waals surface area contributed by atoms with Crippen molar-refractivity contribution in [3.63, 3.8) is 0 Å². The van der Waals surface area contributed by atoms with Crippen molar-refractivity contribution in [3.8, 4) is 0 Å². The summed E-state index contributed by atoms with van der Waals surface area (Å²) in [4.78, 5) is 26.3. The lowest BCUT2D eigenvalue weighted by Gasteiger charge is -2.34. The van der Waals surface area contributed by atoms with Gasteiger partial charge in [0.15, 0.2) is 0 Å². The quantitative estimate of drug-likeness (QED) is 0.496. The van der Waals surface area contributed by atoms with Gasteiger partial charge in [-0.2, -0.15) is 13.2 Å². The van der Waals surface area contributed by atoms with Gasteiger partial charge in [0.2, 0.25) is 5.91 Å². The van der Waals surface area contributed by atoms with Crippen LogP contribution >= 0.6 is 11.8 Å². The molecule has 2 aromatic heterocycles. The third kappa shape index (κ3) is 5.60. The third-order valence-corrected chi connectivity index (χ3v) is 5.66. The Kier molecular flexibility index (Phi) is 6.21. The Balaban J connectivity index is 1.32. The summed E-state index contributed by atoms with van der Waals surface area (Å²) in [7, 11) is 0. The number of anilines is 2. The molecule has 31 heavy (non-hydrogen) atoms. The molecule has 7 nitrogen and oxygen atoms in total. The molecule has 3 aromatic rings. The third-order valence-electron chi connectivity index (χ3n) is 4.94. The van der Waals surface area contributed by atoms with Gasteiger partial charge in [-0.05, 0) is 48.9 Å². The number of piperidine rings is 1. The van der Waals surface area contributed by atoms with E-state index >= 15 is 0 Å². The maximum absolute atomic E-state index is 12.5. The second-order valence-electron chi connectivity index (χ2n) is 7.22. The largest absolute Gasteiger partial charge is 0.446 e. The standard InChI is InChI=1S/C20H21F3N6OS/c21-20(22,23)31-15-5-1-3-13(9-15)25-10-17(30)28-14-4-2-8-29(11-14)19-16-6-7-24-18(16)26-12-27-19/h1,3,5-7,9,12,14,25H,2,4,8,10-11H2,(H,28,30)(H,24,26,27). The number of rotatable bonds is 6. The fraction of sp³-hybridized carbons (Fsp3) is 0.350. The first kappa shape index (κ1) is 21.3. The number of thioether (sulfide) groups is 1. The lowest BCUT2D eigenvalue weighted by molar-refractivity contribution is -0.120. The van der Waals surface area contributed by atoms with E-state index < -0.39 is 5.51 Å². The van der Waals surface area contributed by atoms with E-state index in [0.29, 0.717) is 12.2 Å². The predicted octanol–water partition coefficient (Wildman–Crippen LogP) is 3.77. The van der Waals surface area contributed by atoms with Crippen molar-refractivity contribution in [2.24, 2.45) is 0 Å². The number of carbonyl (C=O) groups is 1. The molecule has 1 fully saturated rings. The molecular weight excluding hydrogens is 429 g/mol. The van der Waals surface area contributed by atoms with E-state index in [4.69, 9.17) is 0 Å². The zero-order valence-corrected chi connectivity index (χ0v) is 17.3. The summed E-state index contributed by atoms with van der Waals surface area (Å²) in [6.45, 7) is 1.44. The van der Waals surface area contributed by atoms with Gasteiger partial charge >= 0.3 is 5.51 Å². The Hall–Kier alpha value is -2.95. The van der Waals surface area contributed by atoms with Crippen LogP contribution in [0.25, 0.3) is 11.0 Å². The minimum Gasteiger partial charge on any atom is -0.376 e. The Morgan fingerprint density at radius 3 is 3.00 bits per heavy atom. The first-order valence-corrected chi connectivity index (χ1v) is 10.6. The summed E-state index contributed by atoms with van der Waals surface area (Å²) in [5, 5.41) is 6.83. The Bertz CT molecular complexity index is 1060. The molecule has 1 unspecified atom stereocenters. The van der Waals surface area contributed by atoms with Crippen molar-refractivity contribution in [1.82, 2.24) is 20.3 Å². The van der Waals surface area contributed by atoms with Crippen molar-refractivity contribution < 1.29 is 18.0 Å². The highest BCUT2D eigenvalue weighted by Crippen LogP contribution is 2.37. The number of H-pyrrole nitrogens is 1. The van der Waals surface area contributed by atoms with Crippen molar-refractivity contribution in [1.29, 1.82) is 0 Å². The summed E-state index contributed by atoms with van der Waals surface area (Å²) in [6.07, 6.45) is 5.09. The molecule has 3 heterocycles. The van der Waals surface area contributed by atoms with Gasteiger partial charge in [0.1, 0.15) is 17.8 Å². The van der Waals surface area contributed by atoms with Gasteiger partial charge < -0.3 is 20.5 Å². The van der Waals surface area contributed by atoms with E-state index in [9.17, 15) is 18.0 Å². The monoisotopic (exact) mass is 450 g/mol. The molecular formula is C20H21F3N6OS. The average molecular weight is 450 g/mol. The number of hydrogen-bond donors (Lipinski definition) is 3. The minimum atomic E-state index is -4.35. The number of amides is 1. The molecule has 0 radical (unpaired) electrons. The summed E-state index contributed by atoms with van der Waals surface area (Å²) in [6, 6.07) is 7.81. The number of nitrogens with zero attached hydrogens (tertiary/aromatic N) is 3. The molecule has 1 aromatic carbocycles. The second kappa shape index (κ2) is 9.04. The van der Waals surface area contributed by atoms with Crippen molar-refractivity contribution in [3.05, 3.63) is 42.9 Å². The zero-order chi connectivity index (χ0) is 21.8. The first-order valence-electron chi connectivity index (χ1n) is 9.79. The van der Waals surface area contributed by atoms with Crippen LogP contribution in [0.15, 0.2) is 47.8 Å². The number of hydrogen-bond acceptors (Lipinski definition) is 6. The normalized spacial score (nSPS) is 17.0. The van der Waals surface area contributed by atoms with Crippen LogP contribution in [-0.2, 0) is 4.79 Å². The lowest BCUT2D eigenvalue weighted by atomic mass is 10.1. The molecule has 11 heteroatoms. The SMILES string of the molecule is O=C(CNc1cccc(SC(F)(F)F)c1)NC1CCCN(c2ncnc3[nH]ccc23)C1. The molecule has 1 amide bonds. The van der Waals surface area contributed by atoms with E-state index in [2.05, 4.69) is 30.5 Å². The Morgan fingerprint density at radius 2 is 2.16 bits per heavy atom. The lowest BCUT2D eigenvalue weighted by Crippen LogP contribution is -2.49. The molecule has 0 bridgehead atoms. The van der Waals surface area contributed by atoms with E-state index in [0.717, 1.165) is 36.2 Å². The average Bonchev–Trinajstić information content (AvgIpc) is 3.20. The van der Waals surface area contributed by atoms with E-state index in [1.54, 1.807) is 6.07 Å². The highest BCUT2D eigenvalue weighted by Gasteiger charge is 2.29. The first-order chi connectivity index (χ1) is 14.9. The Morgan fingerprint density at radius 1 is 1.29 bits per heavy atom. The topological polar surface area (TPSA) is 85.9 Å². The van der Waals surface area contributed by atoms with Crippen LogP contribution < -0.4 is 15.5 Å². The molecule has 4 rings (SSSR count). The van der Waals surface area contributed by atoms with Crippen LogP contribution in [0.1, 0.15) is 12.8 Å². The number of halogens is 3. The number of aromatic nitrogens is 3. The molecule has 0 spiro atoms. The molecule has 1 atom stereocenters. The van der Waals surface area contributed by atoms with Crippen LogP contribution in [0.5, 0.6) is 0 Å². The van der Waals surface area contributed by atoms with E-state index in [1.165, 1.54) is 24.5 Å². The fourth-order valence-corrected chi connectivity index (χ4v) is 4.26. The smallest absolute Gasteiger partial charge is 0.376 e. The molecule has 3 N–H and O–H groups in total. The van der Waals surface area contributed by atoms with Gasteiger partial charge in [-0.1, -0.05) is 6.07 Å². The fourth-order valence-electron chi connectivity index (χ4n) is 3.66. The number of benzene rings is 1. The molecule has 1 aliphatic rings. The highest BCUT2D eigenvalue weighted by atomic mass is 32.2. The summed E-state index contributed by atoms with van der Waals surface area (Å²) < 4.78 is 37.6. The van der Waals surface area contributed by atoms with Gasteiger partial charge in [-0.25, -0.2) is 9.97 Å². The number of nitrogens with one attached hydrogen (secondary N) is 3. The summed E-state index contributed by atoms with van der Waals surface area (Å²) in [5.74, 6) is 0.623.